The summed E-state index contributed by atoms with van der Waals surface area (Å²) in [7, 11) is 2.04. The fraction of sp³-hybridized carbons (Fsp3) is 0.533. The third kappa shape index (κ3) is 6.80. The zero-order valence-electron chi connectivity index (χ0n) is 11.9. The first-order valence-corrected chi connectivity index (χ1v) is 6.55. The topological polar surface area (TPSA) is 45.5 Å². The number of rotatable bonds is 8. The van der Waals surface area contributed by atoms with Crippen LogP contribution >= 0.6 is 0 Å². The Bertz CT molecular complexity index is 413. The minimum Gasteiger partial charge on any atom is -0.492 e. The second kappa shape index (κ2) is 8.52. The summed E-state index contributed by atoms with van der Waals surface area (Å²) >= 11 is 0. The first-order valence-electron chi connectivity index (χ1n) is 6.55. The van der Waals surface area contributed by atoms with Crippen molar-refractivity contribution in [2.75, 3.05) is 33.4 Å². The number of hydrogen-bond acceptors (Lipinski definition) is 4. The fourth-order valence-corrected chi connectivity index (χ4v) is 1.53. The highest BCUT2D eigenvalue weighted by molar-refractivity contribution is 5.36. The van der Waals surface area contributed by atoms with Gasteiger partial charge < -0.3 is 14.4 Å². The van der Waals surface area contributed by atoms with Gasteiger partial charge in [0, 0.05) is 13.1 Å². The Morgan fingerprint density at radius 1 is 1.26 bits per heavy atom. The predicted octanol–water partition coefficient (Wildman–Crippen LogP) is 2.29. The smallest absolute Gasteiger partial charge is 0.120 e. The second-order valence-electron chi connectivity index (χ2n) is 4.71. The SMILES string of the molecule is CC(C)OCCN(C)CCOc1cccc(C#N)c1. The molecule has 0 bridgehead atoms. The monoisotopic (exact) mass is 262 g/mol. The van der Waals surface area contributed by atoms with E-state index < -0.39 is 0 Å². The molecule has 0 N–H and O–H groups in total. The van der Waals surface area contributed by atoms with Crippen LogP contribution in [0.25, 0.3) is 0 Å². The Morgan fingerprint density at radius 3 is 2.68 bits per heavy atom. The average molecular weight is 262 g/mol. The summed E-state index contributed by atoms with van der Waals surface area (Å²) in [6, 6.07) is 9.31. The summed E-state index contributed by atoms with van der Waals surface area (Å²) in [5.41, 5.74) is 0.621. The van der Waals surface area contributed by atoms with Gasteiger partial charge in [-0.05, 0) is 39.1 Å². The van der Waals surface area contributed by atoms with Crippen LogP contribution in [0.1, 0.15) is 19.4 Å². The van der Waals surface area contributed by atoms with Crippen molar-refractivity contribution in [3.63, 3.8) is 0 Å². The van der Waals surface area contributed by atoms with E-state index in [0.29, 0.717) is 12.2 Å². The molecule has 0 aliphatic heterocycles. The lowest BCUT2D eigenvalue weighted by molar-refractivity contribution is 0.0616. The van der Waals surface area contributed by atoms with Gasteiger partial charge in [-0.1, -0.05) is 6.07 Å². The average Bonchev–Trinajstić information content (AvgIpc) is 2.38. The molecule has 0 spiro atoms. The number of nitrogens with zero attached hydrogens (tertiary/aromatic N) is 2. The summed E-state index contributed by atoms with van der Waals surface area (Å²) in [5, 5.41) is 8.79. The number of benzene rings is 1. The maximum Gasteiger partial charge on any atom is 0.120 e. The van der Waals surface area contributed by atoms with Crippen molar-refractivity contribution >= 4 is 0 Å². The molecule has 1 aromatic rings. The molecule has 0 aromatic heterocycles. The van der Waals surface area contributed by atoms with Gasteiger partial charge in [-0.25, -0.2) is 0 Å². The van der Waals surface area contributed by atoms with Crippen molar-refractivity contribution in [2.45, 2.75) is 20.0 Å². The first kappa shape index (κ1) is 15.5. The van der Waals surface area contributed by atoms with Gasteiger partial charge in [-0.15, -0.1) is 0 Å². The van der Waals surface area contributed by atoms with Gasteiger partial charge in [0.15, 0.2) is 0 Å². The molecule has 0 aliphatic carbocycles. The molecule has 0 atom stereocenters. The Morgan fingerprint density at radius 2 is 2.00 bits per heavy atom. The molecular weight excluding hydrogens is 240 g/mol. The van der Waals surface area contributed by atoms with Crippen LogP contribution in [-0.2, 0) is 4.74 Å². The molecule has 1 aromatic carbocycles. The number of ether oxygens (including phenoxy) is 2. The van der Waals surface area contributed by atoms with Gasteiger partial charge in [0.05, 0.1) is 24.3 Å². The molecule has 0 heterocycles. The Labute approximate surface area is 115 Å². The van der Waals surface area contributed by atoms with Crippen LogP contribution in [0.4, 0.5) is 0 Å². The lowest BCUT2D eigenvalue weighted by atomic mass is 10.2. The minimum atomic E-state index is 0.276. The maximum absolute atomic E-state index is 8.79. The first-order chi connectivity index (χ1) is 9.11. The third-order valence-corrected chi connectivity index (χ3v) is 2.63. The molecule has 19 heavy (non-hydrogen) atoms. The van der Waals surface area contributed by atoms with Crippen molar-refractivity contribution < 1.29 is 9.47 Å². The highest BCUT2D eigenvalue weighted by Crippen LogP contribution is 2.12. The van der Waals surface area contributed by atoms with Crippen molar-refractivity contribution in [2.24, 2.45) is 0 Å². The molecule has 0 saturated heterocycles. The third-order valence-electron chi connectivity index (χ3n) is 2.63. The molecule has 0 aliphatic rings. The molecule has 0 saturated carbocycles. The lowest BCUT2D eigenvalue weighted by Crippen LogP contribution is -2.28. The summed E-state index contributed by atoms with van der Waals surface area (Å²) in [6.45, 7) is 7.12. The Balaban J connectivity index is 2.20. The summed E-state index contributed by atoms with van der Waals surface area (Å²) in [5.74, 6) is 0.742. The zero-order chi connectivity index (χ0) is 14.1. The van der Waals surface area contributed by atoms with Crippen LogP contribution in [0.2, 0.25) is 0 Å². The largest absolute Gasteiger partial charge is 0.492 e. The van der Waals surface area contributed by atoms with Crippen LogP contribution < -0.4 is 4.74 Å². The number of hydrogen-bond donors (Lipinski definition) is 0. The van der Waals surface area contributed by atoms with Crippen molar-refractivity contribution in [1.82, 2.24) is 4.90 Å². The maximum atomic E-state index is 8.79. The van der Waals surface area contributed by atoms with Gasteiger partial charge in [0.25, 0.3) is 0 Å². The van der Waals surface area contributed by atoms with Gasteiger partial charge in [-0.3, -0.25) is 0 Å². The number of nitriles is 1. The van der Waals surface area contributed by atoms with E-state index in [9.17, 15) is 0 Å². The molecular formula is C15H22N2O2. The highest BCUT2D eigenvalue weighted by atomic mass is 16.5. The van der Waals surface area contributed by atoms with Crippen LogP contribution in [0.3, 0.4) is 0 Å². The molecule has 0 fully saturated rings. The van der Waals surface area contributed by atoms with Gasteiger partial charge in [0.2, 0.25) is 0 Å². The fourth-order valence-electron chi connectivity index (χ4n) is 1.53. The van der Waals surface area contributed by atoms with E-state index in [1.165, 1.54) is 0 Å². The van der Waals surface area contributed by atoms with Gasteiger partial charge >= 0.3 is 0 Å². The quantitative estimate of drug-likeness (QED) is 0.721. The number of likely N-dealkylation sites (N-methyl/N-ethyl adjacent to an activating group) is 1. The molecule has 0 amide bonds. The van der Waals surface area contributed by atoms with E-state index in [0.717, 1.165) is 25.4 Å². The van der Waals surface area contributed by atoms with Crippen LogP contribution in [0.5, 0.6) is 5.75 Å². The Hall–Kier alpha value is -1.57. The van der Waals surface area contributed by atoms with Crippen LogP contribution in [-0.4, -0.2) is 44.4 Å². The second-order valence-corrected chi connectivity index (χ2v) is 4.71. The van der Waals surface area contributed by atoms with E-state index in [2.05, 4.69) is 11.0 Å². The van der Waals surface area contributed by atoms with Gasteiger partial charge in [0.1, 0.15) is 12.4 Å². The van der Waals surface area contributed by atoms with Crippen LogP contribution in [0, 0.1) is 11.3 Å². The normalized spacial score (nSPS) is 10.7. The van der Waals surface area contributed by atoms with Crippen molar-refractivity contribution in [3.05, 3.63) is 29.8 Å². The van der Waals surface area contributed by atoms with E-state index in [-0.39, 0.29) is 6.10 Å². The zero-order valence-corrected chi connectivity index (χ0v) is 11.9. The summed E-state index contributed by atoms with van der Waals surface area (Å²) < 4.78 is 11.1. The van der Waals surface area contributed by atoms with E-state index >= 15 is 0 Å². The standard InChI is InChI=1S/C15H22N2O2/c1-13(2)18-9-7-17(3)8-10-19-15-6-4-5-14(11-15)12-16/h4-6,11,13H,7-10H2,1-3H3. The molecule has 104 valence electrons. The molecule has 0 unspecified atom stereocenters. The minimum absolute atomic E-state index is 0.276. The van der Waals surface area contributed by atoms with Gasteiger partial charge in [-0.2, -0.15) is 5.26 Å². The lowest BCUT2D eigenvalue weighted by Gasteiger charge is -2.17. The highest BCUT2D eigenvalue weighted by Gasteiger charge is 2.01. The summed E-state index contributed by atoms with van der Waals surface area (Å²) in [6.07, 6.45) is 0.276. The molecule has 4 nitrogen and oxygen atoms in total. The summed E-state index contributed by atoms with van der Waals surface area (Å²) in [4.78, 5) is 2.16. The van der Waals surface area contributed by atoms with Crippen LogP contribution in [0.15, 0.2) is 24.3 Å². The Kier molecular flexibility index (Phi) is 6.94. The predicted molar refractivity (Wildman–Crippen MR) is 75.2 cm³/mol. The van der Waals surface area contributed by atoms with Crippen molar-refractivity contribution in [3.8, 4) is 11.8 Å². The van der Waals surface area contributed by atoms with E-state index in [1.807, 2.05) is 33.0 Å². The molecule has 1 rings (SSSR count). The molecule has 4 heteroatoms. The van der Waals surface area contributed by atoms with Crippen molar-refractivity contribution in [1.29, 1.82) is 5.26 Å². The van der Waals surface area contributed by atoms with E-state index in [4.69, 9.17) is 14.7 Å². The molecule has 0 radical (unpaired) electrons. The van der Waals surface area contributed by atoms with E-state index in [1.54, 1.807) is 12.1 Å².